The van der Waals surface area contributed by atoms with E-state index in [4.69, 9.17) is 4.74 Å². The molecule has 15 heavy (non-hydrogen) atoms. The Balaban J connectivity index is 2.20. The van der Waals surface area contributed by atoms with Crippen LogP contribution in [0.4, 0.5) is 0 Å². The predicted octanol–water partition coefficient (Wildman–Crippen LogP) is 1.22. The van der Waals surface area contributed by atoms with Gasteiger partial charge in [0, 0.05) is 43.6 Å². The maximum absolute atomic E-state index is 5.48. The lowest BCUT2D eigenvalue weighted by Crippen LogP contribution is -2.25. The lowest BCUT2D eigenvalue weighted by atomic mass is 10.1. The Labute approximate surface area is 90.1 Å². The molecule has 82 valence electrons. The fourth-order valence-electron chi connectivity index (χ4n) is 1.77. The van der Waals surface area contributed by atoms with E-state index in [1.54, 1.807) is 0 Å². The molecule has 0 aliphatic carbocycles. The van der Waals surface area contributed by atoms with E-state index >= 15 is 0 Å². The van der Waals surface area contributed by atoms with Gasteiger partial charge in [-0.05, 0) is 13.8 Å². The van der Waals surface area contributed by atoms with Gasteiger partial charge in [0.25, 0.3) is 0 Å². The average molecular weight is 207 g/mol. The molecular formula is C11H17N3O. The van der Waals surface area contributed by atoms with Gasteiger partial charge in [-0.15, -0.1) is 0 Å². The summed E-state index contributed by atoms with van der Waals surface area (Å²) >= 11 is 0. The average Bonchev–Trinajstić information content (AvgIpc) is 2.29. The Morgan fingerprint density at radius 1 is 1.60 bits per heavy atom. The third kappa shape index (κ3) is 2.33. The van der Waals surface area contributed by atoms with Crippen LogP contribution in [0, 0.1) is 0 Å². The first-order chi connectivity index (χ1) is 7.31. The minimum Gasteiger partial charge on any atom is -0.371 e. The fraction of sp³-hybridized carbons (Fsp3) is 0.636. The topological polar surface area (TPSA) is 47.0 Å². The number of aromatic nitrogens is 2. The van der Waals surface area contributed by atoms with Crippen molar-refractivity contribution >= 4 is 0 Å². The summed E-state index contributed by atoms with van der Waals surface area (Å²) in [5.41, 5.74) is 2.39. The van der Waals surface area contributed by atoms with Crippen LogP contribution in [-0.2, 0) is 17.7 Å². The second kappa shape index (κ2) is 4.68. The number of fused-ring (bicyclic) bond motifs is 1. The van der Waals surface area contributed by atoms with Gasteiger partial charge in [0.15, 0.2) is 5.82 Å². The molecule has 1 aliphatic heterocycles. The van der Waals surface area contributed by atoms with E-state index in [-0.39, 0.29) is 6.10 Å². The van der Waals surface area contributed by atoms with Gasteiger partial charge >= 0.3 is 0 Å². The lowest BCUT2D eigenvalue weighted by molar-refractivity contribution is 0.0698. The van der Waals surface area contributed by atoms with Crippen LogP contribution in [-0.4, -0.2) is 23.1 Å². The highest BCUT2D eigenvalue weighted by Gasteiger charge is 2.14. The molecule has 2 heterocycles. The molecule has 1 aromatic heterocycles. The van der Waals surface area contributed by atoms with Crippen molar-refractivity contribution in [1.29, 1.82) is 0 Å². The van der Waals surface area contributed by atoms with E-state index in [2.05, 4.69) is 15.3 Å². The van der Waals surface area contributed by atoms with Gasteiger partial charge in [0.2, 0.25) is 0 Å². The third-order valence-corrected chi connectivity index (χ3v) is 2.61. The minimum absolute atomic E-state index is 0.00446. The molecule has 1 unspecified atom stereocenters. The number of ether oxygens (including phenoxy) is 1. The summed E-state index contributed by atoms with van der Waals surface area (Å²) < 4.78 is 5.48. The molecule has 1 aliphatic rings. The smallest absolute Gasteiger partial charge is 0.157 e. The zero-order valence-corrected chi connectivity index (χ0v) is 9.29. The molecule has 0 saturated carbocycles. The van der Waals surface area contributed by atoms with Crippen molar-refractivity contribution in [1.82, 2.24) is 15.3 Å². The van der Waals surface area contributed by atoms with E-state index < -0.39 is 0 Å². The van der Waals surface area contributed by atoms with E-state index in [9.17, 15) is 0 Å². The second-order valence-corrected chi connectivity index (χ2v) is 3.72. The molecule has 1 aromatic rings. The van der Waals surface area contributed by atoms with Crippen molar-refractivity contribution in [3.8, 4) is 0 Å². The number of rotatable bonds is 3. The van der Waals surface area contributed by atoms with E-state index in [0.29, 0.717) is 6.61 Å². The third-order valence-electron chi connectivity index (χ3n) is 2.61. The Morgan fingerprint density at radius 2 is 2.47 bits per heavy atom. The summed E-state index contributed by atoms with van der Waals surface area (Å²) in [5, 5.41) is 3.30. The summed E-state index contributed by atoms with van der Waals surface area (Å²) in [6.45, 7) is 6.57. The molecule has 0 bridgehead atoms. The quantitative estimate of drug-likeness (QED) is 0.809. The largest absolute Gasteiger partial charge is 0.371 e. The molecule has 2 rings (SSSR count). The number of nitrogens with one attached hydrogen (secondary N) is 1. The summed E-state index contributed by atoms with van der Waals surface area (Å²) in [4.78, 5) is 8.89. The Bertz CT molecular complexity index is 341. The summed E-state index contributed by atoms with van der Waals surface area (Å²) in [6.07, 6.45) is 2.90. The van der Waals surface area contributed by atoms with Crippen molar-refractivity contribution in [3.63, 3.8) is 0 Å². The molecule has 1 N–H and O–H groups in total. The molecule has 0 spiro atoms. The predicted molar refractivity (Wildman–Crippen MR) is 57.5 cm³/mol. The number of nitrogens with zero attached hydrogens (tertiary/aromatic N) is 2. The van der Waals surface area contributed by atoms with Gasteiger partial charge in [0.05, 0.1) is 0 Å². The Morgan fingerprint density at radius 3 is 3.27 bits per heavy atom. The van der Waals surface area contributed by atoms with Crippen LogP contribution in [0.15, 0.2) is 6.20 Å². The van der Waals surface area contributed by atoms with Crippen molar-refractivity contribution in [2.45, 2.75) is 32.9 Å². The van der Waals surface area contributed by atoms with Gasteiger partial charge in [-0.1, -0.05) is 0 Å². The summed E-state index contributed by atoms with van der Waals surface area (Å²) in [6, 6.07) is 0. The van der Waals surface area contributed by atoms with Crippen molar-refractivity contribution in [2.24, 2.45) is 0 Å². The van der Waals surface area contributed by atoms with E-state index in [0.717, 1.165) is 25.3 Å². The zero-order valence-electron chi connectivity index (χ0n) is 9.29. The second-order valence-electron chi connectivity index (χ2n) is 3.72. The van der Waals surface area contributed by atoms with Crippen LogP contribution in [0.3, 0.4) is 0 Å². The van der Waals surface area contributed by atoms with Crippen LogP contribution in [0.2, 0.25) is 0 Å². The standard InChI is InChI=1S/C11H17N3O/c1-3-15-8(2)11-13-7-9-6-12-5-4-10(9)14-11/h7-8,12H,3-6H2,1-2H3. The van der Waals surface area contributed by atoms with Gasteiger partial charge in [-0.25, -0.2) is 9.97 Å². The molecule has 4 nitrogen and oxygen atoms in total. The molecule has 1 atom stereocenters. The molecular weight excluding hydrogens is 190 g/mol. The van der Waals surface area contributed by atoms with Crippen molar-refractivity contribution in [3.05, 3.63) is 23.3 Å². The molecule has 0 aromatic carbocycles. The monoisotopic (exact) mass is 207 g/mol. The van der Waals surface area contributed by atoms with Crippen molar-refractivity contribution in [2.75, 3.05) is 13.2 Å². The van der Waals surface area contributed by atoms with Gasteiger partial charge in [0.1, 0.15) is 6.10 Å². The van der Waals surface area contributed by atoms with Crippen LogP contribution in [0.5, 0.6) is 0 Å². The van der Waals surface area contributed by atoms with Gasteiger partial charge in [-0.3, -0.25) is 0 Å². The normalized spacial score (nSPS) is 17.2. The van der Waals surface area contributed by atoms with E-state index in [1.165, 1.54) is 11.3 Å². The summed E-state index contributed by atoms with van der Waals surface area (Å²) in [7, 11) is 0. The van der Waals surface area contributed by atoms with Crippen molar-refractivity contribution < 1.29 is 4.74 Å². The maximum atomic E-state index is 5.48. The Kier molecular flexibility index (Phi) is 3.28. The first-order valence-corrected chi connectivity index (χ1v) is 5.48. The molecule has 0 fully saturated rings. The lowest BCUT2D eigenvalue weighted by Gasteiger charge is -2.17. The van der Waals surface area contributed by atoms with Gasteiger partial charge in [-0.2, -0.15) is 0 Å². The summed E-state index contributed by atoms with van der Waals surface area (Å²) in [5.74, 6) is 0.803. The molecule has 0 radical (unpaired) electrons. The first kappa shape index (κ1) is 10.5. The van der Waals surface area contributed by atoms with Crippen LogP contribution in [0.1, 0.15) is 37.0 Å². The highest BCUT2D eigenvalue weighted by Crippen LogP contribution is 2.16. The number of hydrogen-bond donors (Lipinski definition) is 1. The molecule has 4 heteroatoms. The van der Waals surface area contributed by atoms with Crippen LogP contribution in [0.25, 0.3) is 0 Å². The van der Waals surface area contributed by atoms with Crippen LogP contribution < -0.4 is 5.32 Å². The maximum Gasteiger partial charge on any atom is 0.157 e. The van der Waals surface area contributed by atoms with Crippen LogP contribution >= 0.6 is 0 Å². The van der Waals surface area contributed by atoms with Gasteiger partial charge < -0.3 is 10.1 Å². The Hall–Kier alpha value is -1.00. The highest BCUT2D eigenvalue weighted by molar-refractivity contribution is 5.20. The highest BCUT2D eigenvalue weighted by atomic mass is 16.5. The number of hydrogen-bond acceptors (Lipinski definition) is 4. The molecule has 0 saturated heterocycles. The minimum atomic E-state index is -0.00446. The van der Waals surface area contributed by atoms with E-state index in [1.807, 2.05) is 20.0 Å². The SMILES string of the molecule is CCOC(C)c1ncc2c(n1)CCNC2. The first-order valence-electron chi connectivity index (χ1n) is 5.48. The zero-order chi connectivity index (χ0) is 10.7. The molecule has 0 amide bonds. The fourth-order valence-corrected chi connectivity index (χ4v) is 1.77.